The van der Waals surface area contributed by atoms with Gasteiger partial charge in [-0.2, -0.15) is 10.2 Å². The third-order valence-electron chi connectivity index (χ3n) is 3.12. The summed E-state index contributed by atoms with van der Waals surface area (Å²) in [7, 11) is 3.68. The molecule has 0 saturated heterocycles. The molecule has 2 aromatic heterocycles. The molecular weight excluding hydrogens is 252 g/mol. The zero-order valence-electron chi connectivity index (χ0n) is 11.0. The molecule has 2 aromatic rings. The lowest BCUT2D eigenvalue weighted by molar-refractivity contribution is 0.170. The van der Waals surface area contributed by atoms with Crippen molar-refractivity contribution in [3.05, 3.63) is 33.9 Å². The summed E-state index contributed by atoms with van der Waals surface area (Å²) in [5.41, 5.74) is 3.27. The van der Waals surface area contributed by atoms with E-state index in [-0.39, 0.29) is 0 Å². The van der Waals surface area contributed by atoms with E-state index in [1.54, 1.807) is 9.36 Å². The lowest BCUT2D eigenvalue weighted by atomic mass is 10.1. The first-order valence-corrected chi connectivity index (χ1v) is 6.14. The predicted octanol–water partition coefficient (Wildman–Crippen LogP) is 1.70. The van der Waals surface area contributed by atoms with Crippen molar-refractivity contribution >= 4 is 11.6 Å². The molecule has 0 radical (unpaired) electrons. The van der Waals surface area contributed by atoms with E-state index in [0.29, 0.717) is 17.1 Å². The third kappa shape index (κ3) is 2.28. The fourth-order valence-corrected chi connectivity index (χ4v) is 2.18. The van der Waals surface area contributed by atoms with Crippen molar-refractivity contribution in [1.82, 2.24) is 19.6 Å². The molecule has 2 rings (SSSR count). The summed E-state index contributed by atoms with van der Waals surface area (Å²) in [6.45, 7) is 3.80. The number of halogens is 1. The van der Waals surface area contributed by atoms with Crippen LogP contribution in [0.5, 0.6) is 0 Å². The van der Waals surface area contributed by atoms with Crippen LogP contribution < -0.4 is 0 Å². The molecule has 0 aliphatic rings. The minimum Gasteiger partial charge on any atom is -0.386 e. The molecule has 2 heterocycles. The van der Waals surface area contributed by atoms with Gasteiger partial charge in [0.25, 0.3) is 0 Å². The van der Waals surface area contributed by atoms with Crippen LogP contribution in [-0.2, 0) is 20.5 Å². The van der Waals surface area contributed by atoms with Crippen LogP contribution in [0, 0.1) is 13.8 Å². The van der Waals surface area contributed by atoms with Crippen molar-refractivity contribution in [2.45, 2.75) is 26.4 Å². The van der Waals surface area contributed by atoms with Crippen LogP contribution >= 0.6 is 11.6 Å². The monoisotopic (exact) mass is 268 g/mol. The van der Waals surface area contributed by atoms with E-state index in [9.17, 15) is 5.11 Å². The smallest absolute Gasteiger partial charge is 0.103 e. The van der Waals surface area contributed by atoms with Gasteiger partial charge < -0.3 is 5.11 Å². The minimum atomic E-state index is -0.669. The van der Waals surface area contributed by atoms with E-state index in [2.05, 4.69) is 10.2 Å². The maximum Gasteiger partial charge on any atom is 0.103 e. The van der Waals surface area contributed by atoms with Crippen LogP contribution in [0.4, 0.5) is 0 Å². The Morgan fingerprint density at radius 1 is 1.28 bits per heavy atom. The lowest BCUT2D eigenvalue weighted by Crippen LogP contribution is -2.08. The molecule has 5 nitrogen and oxygen atoms in total. The number of aliphatic hydroxyl groups is 1. The molecule has 0 spiro atoms. The van der Waals surface area contributed by atoms with Crippen LogP contribution in [0.1, 0.15) is 28.9 Å². The van der Waals surface area contributed by atoms with Crippen molar-refractivity contribution in [3.8, 4) is 0 Å². The first kappa shape index (κ1) is 13.1. The second-order valence-corrected chi connectivity index (χ2v) is 4.90. The molecule has 0 aliphatic heterocycles. The summed E-state index contributed by atoms with van der Waals surface area (Å²) >= 11 is 6.16. The zero-order chi connectivity index (χ0) is 13.4. The second-order valence-electron chi connectivity index (χ2n) is 4.52. The Morgan fingerprint density at radius 2 is 1.94 bits per heavy atom. The van der Waals surface area contributed by atoms with Gasteiger partial charge in [-0.25, -0.2) is 0 Å². The van der Waals surface area contributed by atoms with Gasteiger partial charge in [0, 0.05) is 26.2 Å². The number of hydrogen-bond acceptors (Lipinski definition) is 3. The van der Waals surface area contributed by atoms with Crippen molar-refractivity contribution in [2.75, 3.05) is 0 Å². The van der Waals surface area contributed by atoms with Gasteiger partial charge in [0.15, 0.2) is 0 Å². The van der Waals surface area contributed by atoms with E-state index in [4.69, 9.17) is 11.6 Å². The molecule has 1 atom stereocenters. The van der Waals surface area contributed by atoms with Gasteiger partial charge in [0.05, 0.1) is 22.1 Å². The van der Waals surface area contributed by atoms with E-state index in [1.165, 1.54) is 0 Å². The first-order chi connectivity index (χ1) is 8.40. The predicted molar refractivity (Wildman–Crippen MR) is 69.6 cm³/mol. The van der Waals surface area contributed by atoms with Crippen molar-refractivity contribution in [1.29, 1.82) is 0 Å². The van der Waals surface area contributed by atoms with E-state index in [0.717, 1.165) is 17.1 Å². The van der Waals surface area contributed by atoms with Crippen LogP contribution in [0.25, 0.3) is 0 Å². The second kappa shape index (κ2) is 4.74. The number of hydrogen-bond donors (Lipinski definition) is 1. The summed E-state index contributed by atoms with van der Waals surface area (Å²) < 4.78 is 3.45. The molecule has 0 bridgehead atoms. The largest absolute Gasteiger partial charge is 0.386 e. The number of aryl methyl sites for hydroxylation is 4. The van der Waals surface area contributed by atoms with E-state index >= 15 is 0 Å². The van der Waals surface area contributed by atoms with Gasteiger partial charge in [0.2, 0.25) is 0 Å². The highest BCUT2D eigenvalue weighted by atomic mass is 35.5. The summed E-state index contributed by atoms with van der Waals surface area (Å²) in [6, 6.07) is 1.88. The van der Waals surface area contributed by atoms with Crippen molar-refractivity contribution in [2.24, 2.45) is 14.1 Å². The highest BCUT2D eigenvalue weighted by molar-refractivity contribution is 6.31. The standard InChI is InChI=1S/C12H17ClN4O/c1-7-5-9(15-16(7)3)11(18)6-10-12(13)8(2)14-17(10)4/h5,11,18H,6H2,1-4H3. The molecular formula is C12H17ClN4O. The van der Waals surface area contributed by atoms with Crippen LogP contribution in [0.15, 0.2) is 6.07 Å². The van der Waals surface area contributed by atoms with Gasteiger partial charge in [-0.05, 0) is 19.9 Å². The molecule has 0 aliphatic carbocycles. The molecule has 6 heteroatoms. The Balaban J connectivity index is 2.23. The van der Waals surface area contributed by atoms with Crippen LogP contribution in [-0.4, -0.2) is 24.7 Å². The Labute approximate surface area is 111 Å². The topological polar surface area (TPSA) is 55.9 Å². The molecule has 0 fully saturated rings. The van der Waals surface area contributed by atoms with Crippen molar-refractivity contribution < 1.29 is 5.11 Å². The number of rotatable bonds is 3. The Bertz CT molecular complexity index is 553. The Hall–Kier alpha value is -1.33. The Kier molecular flexibility index (Phi) is 3.45. The zero-order valence-corrected chi connectivity index (χ0v) is 11.7. The van der Waals surface area contributed by atoms with Gasteiger partial charge in [0.1, 0.15) is 6.10 Å². The summed E-state index contributed by atoms with van der Waals surface area (Å²) in [4.78, 5) is 0. The van der Waals surface area contributed by atoms with E-state index < -0.39 is 6.10 Å². The first-order valence-electron chi connectivity index (χ1n) is 5.76. The molecule has 18 heavy (non-hydrogen) atoms. The fraction of sp³-hybridized carbons (Fsp3) is 0.500. The Morgan fingerprint density at radius 3 is 2.39 bits per heavy atom. The average Bonchev–Trinajstić information content (AvgIpc) is 2.75. The molecule has 0 amide bonds. The number of aromatic nitrogens is 4. The highest BCUT2D eigenvalue weighted by Gasteiger charge is 2.18. The minimum absolute atomic E-state index is 0.409. The third-order valence-corrected chi connectivity index (χ3v) is 3.61. The molecule has 0 saturated carbocycles. The molecule has 1 unspecified atom stereocenters. The number of aliphatic hydroxyl groups excluding tert-OH is 1. The van der Waals surface area contributed by atoms with Gasteiger partial charge >= 0.3 is 0 Å². The van der Waals surface area contributed by atoms with Crippen molar-refractivity contribution in [3.63, 3.8) is 0 Å². The maximum absolute atomic E-state index is 10.2. The highest BCUT2D eigenvalue weighted by Crippen LogP contribution is 2.25. The molecule has 0 aromatic carbocycles. The normalized spacial score (nSPS) is 13.0. The summed E-state index contributed by atoms with van der Waals surface area (Å²) in [5, 5.41) is 19.3. The maximum atomic E-state index is 10.2. The van der Waals surface area contributed by atoms with E-state index in [1.807, 2.05) is 34.0 Å². The molecule has 98 valence electrons. The van der Waals surface area contributed by atoms with Gasteiger partial charge in [-0.3, -0.25) is 9.36 Å². The van der Waals surface area contributed by atoms with Crippen LogP contribution in [0.3, 0.4) is 0 Å². The fourth-order valence-electron chi connectivity index (χ4n) is 1.94. The molecule has 1 N–H and O–H groups in total. The number of nitrogens with zero attached hydrogens (tertiary/aromatic N) is 4. The van der Waals surface area contributed by atoms with Gasteiger partial charge in [-0.1, -0.05) is 11.6 Å². The van der Waals surface area contributed by atoms with Gasteiger partial charge in [-0.15, -0.1) is 0 Å². The lowest BCUT2D eigenvalue weighted by Gasteiger charge is -2.08. The van der Waals surface area contributed by atoms with Crippen LogP contribution in [0.2, 0.25) is 5.02 Å². The summed E-state index contributed by atoms with van der Waals surface area (Å²) in [5.74, 6) is 0. The SMILES string of the molecule is Cc1nn(C)c(CC(O)c2cc(C)n(C)n2)c1Cl. The quantitative estimate of drug-likeness (QED) is 0.922. The average molecular weight is 269 g/mol. The summed E-state index contributed by atoms with van der Waals surface area (Å²) in [6.07, 6.45) is -0.260.